The number of methoxy groups -OCH3 is 1. The number of aryl methyl sites for hydroxylation is 1. The van der Waals surface area contributed by atoms with E-state index in [0.29, 0.717) is 11.8 Å². The van der Waals surface area contributed by atoms with Gasteiger partial charge in [0.1, 0.15) is 0 Å². The molecule has 1 heterocycles. The lowest BCUT2D eigenvalue weighted by atomic mass is 9.93. The van der Waals surface area contributed by atoms with E-state index in [-0.39, 0.29) is 6.42 Å². The van der Waals surface area contributed by atoms with E-state index >= 15 is 0 Å². The Bertz CT molecular complexity index is 470. The van der Waals surface area contributed by atoms with Crippen molar-refractivity contribution in [2.75, 3.05) is 12.4 Å². The second-order valence-corrected chi connectivity index (χ2v) is 5.06. The number of hydrogen-bond donors (Lipinski definition) is 2. The molecule has 6 nitrogen and oxygen atoms in total. The number of rotatable bonds is 5. The molecule has 1 aromatic rings. The Labute approximate surface area is 112 Å². The van der Waals surface area contributed by atoms with Crippen LogP contribution in [0, 0.1) is 6.92 Å². The van der Waals surface area contributed by atoms with E-state index < -0.39 is 11.5 Å². The minimum absolute atomic E-state index is 0.0899. The van der Waals surface area contributed by atoms with Gasteiger partial charge in [-0.05, 0) is 19.8 Å². The summed E-state index contributed by atoms with van der Waals surface area (Å²) >= 11 is 0. The Balaban J connectivity index is 2.21. The Morgan fingerprint density at radius 3 is 2.74 bits per heavy atom. The van der Waals surface area contributed by atoms with Crippen LogP contribution in [0.1, 0.15) is 37.8 Å². The summed E-state index contributed by atoms with van der Waals surface area (Å²) in [4.78, 5) is 19.6. The minimum atomic E-state index is -0.797. The van der Waals surface area contributed by atoms with Crippen LogP contribution in [0.25, 0.3) is 0 Å². The molecule has 0 aromatic carbocycles. The van der Waals surface area contributed by atoms with E-state index in [4.69, 9.17) is 9.84 Å². The van der Waals surface area contributed by atoms with Crippen molar-refractivity contribution in [1.29, 1.82) is 0 Å². The Morgan fingerprint density at radius 1 is 1.47 bits per heavy atom. The summed E-state index contributed by atoms with van der Waals surface area (Å²) in [5.74, 6) is 0.132. The van der Waals surface area contributed by atoms with Gasteiger partial charge in [0.25, 0.3) is 0 Å². The first kappa shape index (κ1) is 13.6. The minimum Gasteiger partial charge on any atom is -0.481 e. The topological polar surface area (TPSA) is 84.3 Å². The molecule has 1 aromatic heterocycles. The fourth-order valence-electron chi connectivity index (χ4n) is 2.62. The highest BCUT2D eigenvalue weighted by molar-refractivity contribution is 5.69. The van der Waals surface area contributed by atoms with Gasteiger partial charge in [-0.3, -0.25) is 4.79 Å². The van der Waals surface area contributed by atoms with Crippen LogP contribution in [0.3, 0.4) is 0 Å². The lowest BCUT2D eigenvalue weighted by Gasteiger charge is -2.28. The maximum absolute atomic E-state index is 11.0. The first-order valence-electron chi connectivity index (χ1n) is 6.43. The molecule has 1 fully saturated rings. The van der Waals surface area contributed by atoms with Gasteiger partial charge in [0.05, 0.1) is 19.1 Å². The van der Waals surface area contributed by atoms with Crippen LogP contribution in [-0.4, -0.2) is 33.7 Å². The summed E-state index contributed by atoms with van der Waals surface area (Å²) in [6.45, 7) is 1.86. The van der Waals surface area contributed by atoms with Crippen molar-refractivity contribution in [3.63, 3.8) is 0 Å². The summed E-state index contributed by atoms with van der Waals surface area (Å²) < 4.78 is 5.11. The number of aliphatic carboxylic acids is 1. The third kappa shape index (κ3) is 3.33. The van der Waals surface area contributed by atoms with Gasteiger partial charge in [0, 0.05) is 11.8 Å². The monoisotopic (exact) mass is 265 g/mol. The molecule has 0 bridgehead atoms. The zero-order valence-corrected chi connectivity index (χ0v) is 11.3. The van der Waals surface area contributed by atoms with Crippen LogP contribution in [0.15, 0.2) is 6.07 Å². The van der Waals surface area contributed by atoms with Gasteiger partial charge in [-0.1, -0.05) is 12.8 Å². The van der Waals surface area contributed by atoms with Crippen molar-refractivity contribution in [3.8, 4) is 5.88 Å². The molecular weight excluding hydrogens is 246 g/mol. The SMILES string of the molecule is COc1cc(C)nc(NC2(CC(=O)O)CCCC2)n1. The van der Waals surface area contributed by atoms with E-state index in [1.165, 1.54) is 0 Å². The number of ether oxygens (including phenoxy) is 1. The maximum Gasteiger partial charge on any atom is 0.305 e. The molecule has 0 atom stereocenters. The molecule has 0 spiro atoms. The zero-order chi connectivity index (χ0) is 13.9. The van der Waals surface area contributed by atoms with E-state index in [1.807, 2.05) is 6.92 Å². The van der Waals surface area contributed by atoms with Crippen molar-refractivity contribution in [2.45, 2.75) is 44.6 Å². The maximum atomic E-state index is 11.0. The van der Waals surface area contributed by atoms with Crippen molar-refractivity contribution in [1.82, 2.24) is 9.97 Å². The third-order valence-corrected chi connectivity index (χ3v) is 3.47. The molecule has 2 N–H and O–H groups in total. The molecule has 104 valence electrons. The summed E-state index contributed by atoms with van der Waals surface area (Å²) in [5, 5.41) is 12.3. The van der Waals surface area contributed by atoms with Crippen molar-refractivity contribution >= 4 is 11.9 Å². The number of nitrogens with one attached hydrogen (secondary N) is 1. The number of aromatic nitrogens is 2. The Kier molecular flexibility index (Phi) is 3.87. The number of hydrogen-bond acceptors (Lipinski definition) is 5. The smallest absolute Gasteiger partial charge is 0.305 e. The lowest BCUT2D eigenvalue weighted by Crippen LogP contribution is -2.38. The first-order valence-corrected chi connectivity index (χ1v) is 6.43. The van der Waals surface area contributed by atoms with Crippen LogP contribution in [0.2, 0.25) is 0 Å². The van der Waals surface area contributed by atoms with Gasteiger partial charge in [0.2, 0.25) is 11.8 Å². The van der Waals surface area contributed by atoms with E-state index in [0.717, 1.165) is 31.4 Å². The Hall–Kier alpha value is -1.85. The quantitative estimate of drug-likeness (QED) is 0.847. The molecule has 0 radical (unpaired) electrons. The second-order valence-electron chi connectivity index (χ2n) is 5.06. The molecule has 6 heteroatoms. The summed E-state index contributed by atoms with van der Waals surface area (Å²) in [5.41, 5.74) is 0.364. The average molecular weight is 265 g/mol. The number of nitrogens with zero attached hydrogens (tertiary/aromatic N) is 2. The van der Waals surface area contributed by atoms with E-state index in [2.05, 4.69) is 15.3 Å². The average Bonchev–Trinajstić information content (AvgIpc) is 2.75. The first-order chi connectivity index (χ1) is 9.03. The molecule has 0 aliphatic heterocycles. The van der Waals surface area contributed by atoms with Crippen LogP contribution < -0.4 is 10.1 Å². The molecule has 0 amide bonds. The number of carboxylic acids is 1. The molecule has 0 saturated heterocycles. The van der Waals surface area contributed by atoms with Gasteiger partial charge in [-0.25, -0.2) is 4.98 Å². The van der Waals surface area contributed by atoms with Crippen LogP contribution in [0.5, 0.6) is 5.88 Å². The molecule has 2 rings (SSSR count). The molecule has 1 aliphatic rings. The Morgan fingerprint density at radius 2 is 2.16 bits per heavy atom. The summed E-state index contributed by atoms with van der Waals surface area (Å²) in [7, 11) is 1.55. The van der Waals surface area contributed by atoms with Gasteiger partial charge >= 0.3 is 5.97 Å². The van der Waals surface area contributed by atoms with Gasteiger partial charge < -0.3 is 15.2 Å². The van der Waals surface area contributed by atoms with Gasteiger partial charge in [-0.15, -0.1) is 0 Å². The van der Waals surface area contributed by atoms with Crippen LogP contribution in [-0.2, 0) is 4.79 Å². The fraction of sp³-hybridized carbons (Fsp3) is 0.615. The standard InChI is InChI=1S/C13H19N3O3/c1-9-7-10(19-2)15-12(14-9)16-13(8-11(17)18)5-3-4-6-13/h7H,3-6,8H2,1-2H3,(H,17,18)(H,14,15,16). The lowest BCUT2D eigenvalue weighted by molar-refractivity contribution is -0.138. The normalized spacial score (nSPS) is 17.2. The van der Waals surface area contributed by atoms with E-state index in [1.54, 1.807) is 13.2 Å². The van der Waals surface area contributed by atoms with Crippen LogP contribution in [0.4, 0.5) is 5.95 Å². The second kappa shape index (κ2) is 5.42. The van der Waals surface area contributed by atoms with Crippen molar-refractivity contribution < 1.29 is 14.6 Å². The van der Waals surface area contributed by atoms with Gasteiger partial charge in [-0.2, -0.15) is 4.98 Å². The molecule has 1 saturated carbocycles. The molecular formula is C13H19N3O3. The van der Waals surface area contributed by atoms with Crippen LogP contribution >= 0.6 is 0 Å². The predicted octanol–water partition coefficient (Wildman–Crippen LogP) is 1.99. The zero-order valence-electron chi connectivity index (χ0n) is 11.3. The van der Waals surface area contributed by atoms with Crippen molar-refractivity contribution in [3.05, 3.63) is 11.8 Å². The number of anilines is 1. The number of carboxylic acid groups (broad SMARTS) is 1. The number of carbonyl (C=O) groups is 1. The highest BCUT2D eigenvalue weighted by atomic mass is 16.5. The largest absolute Gasteiger partial charge is 0.481 e. The fourth-order valence-corrected chi connectivity index (χ4v) is 2.62. The predicted molar refractivity (Wildman–Crippen MR) is 70.4 cm³/mol. The molecule has 1 aliphatic carbocycles. The van der Waals surface area contributed by atoms with Gasteiger partial charge in [0.15, 0.2) is 0 Å². The summed E-state index contributed by atoms with van der Waals surface area (Å²) in [6.07, 6.45) is 3.82. The highest BCUT2D eigenvalue weighted by Gasteiger charge is 2.36. The third-order valence-electron chi connectivity index (χ3n) is 3.47. The summed E-state index contributed by atoms with van der Waals surface area (Å²) in [6, 6.07) is 1.74. The van der Waals surface area contributed by atoms with E-state index in [9.17, 15) is 4.79 Å². The van der Waals surface area contributed by atoms with Crippen molar-refractivity contribution in [2.24, 2.45) is 0 Å². The molecule has 0 unspecified atom stereocenters. The highest BCUT2D eigenvalue weighted by Crippen LogP contribution is 2.35. The molecule has 19 heavy (non-hydrogen) atoms.